The van der Waals surface area contributed by atoms with E-state index in [1.807, 2.05) is 30.3 Å². The molecule has 2 saturated heterocycles. The molecule has 0 spiro atoms. The van der Waals surface area contributed by atoms with Crippen LogP contribution >= 0.6 is 11.6 Å². The predicted octanol–water partition coefficient (Wildman–Crippen LogP) is 7.45. The van der Waals surface area contributed by atoms with Gasteiger partial charge in [-0.25, -0.2) is 0 Å². The third kappa shape index (κ3) is 10.4. The van der Waals surface area contributed by atoms with Crippen LogP contribution in [0, 0.1) is 25.2 Å². The Morgan fingerprint density at radius 3 is 2.49 bits per heavy atom. The van der Waals surface area contributed by atoms with Gasteiger partial charge in [0, 0.05) is 50.2 Å². The van der Waals surface area contributed by atoms with Gasteiger partial charge < -0.3 is 29.0 Å². The van der Waals surface area contributed by atoms with Crippen LogP contribution < -0.4 is 14.2 Å². The maximum Gasteiger partial charge on any atom is 0.323 e. The molecule has 0 bridgehead atoms. The highest BCUT2D eigenvalue weighted by molar-refractivity contribution is 6.32. The van der Waals surface area contributed by atoms with Crippen LogP contribution in [-0.2, 0) is 29.2 Å². The summed E-state index contributed by atoms with van der Waals surface area (Å²) in [5, 5.41) is 19.7. The summed E-state index contributed by atoms with van der Waals surface area (Å²) >= 11 is 6.91. The minimum absolute atomic E-state index is 0.204. The molecule has 3 aromatic carbocycles. The first-order valence-corrected chi connectivity index (χ1v) is 19.6. The van der Waals surface area contributed by atoms with Gasteiger partial charge in [-0.1, -0.05) is 48.4 Å². The molecular formula is C44H51ClN4O6. The molecule has 3 heterocycles. The molecule has 0 amide bonds. The highest BCUT2D eigenvalue weighted by Crippen LogP contribution is 2.37. The average Bonchev–Trinajstić information content (AvgIpc) is 3.63. The Kier molecular flexibility index (Phi) is 14.0. The number of hydrogen-bond acceptors (Lipinski definition) is 10. The van der Waals surface area contributed by atoms with E-state index in [0.717, 1.165) is 103 Å². The Morgan fingerprint density at radius 1 is 0.909 bits per heavy atom. The quantitative estimate of drug-likeness (QED) is 0.0911. The Bertz CT molecular complexity index is 1980. The molecule has 0 saturated carbocycles. The molecule has 4 aromatic rings. The number of carbonyl (C=O) groups excluding carboxylic acids is 1. The summed E-state index contributed by atoms with van der Waals surface area (Å²) in [6, 6.07) is 19.8. The molecule has 2 fully saturated rings. The molecule has 0 radical (unpaired) electrons. The second kappa shape index (κ2) is 19.3. The van der Waals surface area contributed by atoms with Crippen molar-refractivity contribution >= 4 is 17.6 Å². The van der Waals surface area contributed by atoms with E-state index in [2.05, 4.69) is 52.9 Å². The Morgan fingerprint density at radius 2 is 1.71 bits per heavy atom. The molecule has 2 aliphatic rings. The van der Waals surface area contributed by atoms with Crippen LogP contribution in [0.3, 0.4) is 0 Å². The summed E-state index contributed by atoms with van der Waals surface area (Å²) in [6.07, 6.45) is 8.14. The summed E-state index contributed by atoms with van der Waals surface area (Å²) in [5.41, 5.74) is 7.54. The van der Waals surface area contributed by atoms with E-state index in [-0.39, 0.29) is 24.7 Å². The van der Waals surface area contributed by atoms with Gasteiger partial charge in [0.05, 0.1) is 30.4 Å². The molecule has 1 aromatic heterocycles. The summed E-state index contributed by atoms with van der Waals surface area (Å²) < 4.78 is 24.1. The lowest BCUT2D eigenvalue weighted by Gasteiger charge is -2.33. The van der Waals surface area contributed by atoms with Crippen molar-refractivity contribution in [1.29, 1.82) is 5.26 Å². The second-order valence-corrected chi connectivity index (χ2v) is 14.9. The van der Waals surface area contributed by atoms with Crippen LogP contribution in [0.25, 0.3) is 11.1 Å². The molecule has 1 N–H and O–H groups in total. The smallest absolute Gasteiger partial charge is 0.323 e. The van der Waals surface area contributed by atoms with Crippen LogP contribution in [0.2, 0.25) is 5.02 Å². The van der Waals surface area contributed by atoms with Gasteiger partial charge in [-0.3, -0.25) is 14.7 Å². The predicted molar refractivity (Wildman–Crippen MR) is 213 cm³/mol. The number of esters is 1. The zero-order chi connectivity index (χ0) is 38.7. The van der Waals surface area contributed by atoms with Crippen molar-refractivity contribution in [3.63, 3.8) is 0 Å². The SMILES string of the molecule is COC(=O)C1CCCCN1CCc1cc(Cl)c(OCc2cccc(-c3cccc(OCCCN4CC[C@@H](O)C4)c3C)c2C)cc1OCc1cncc(C#N)c1. The van der Waals surface area contributed by atoms with E-state index in [9.17, 15) is 15.2 Å². The minimum atomic E-state index is -0.264. The van der Waals surface area contributed by atoms with E-state index in [4.69, 9.17) is 30.5 Å². The lowest BCUT2D eigenvalue weighted by atomic mass is 9.93. The van der Waals surface area contributed by atoms with E-state index >= 15 is 0 Å². The van der Waals surface area contributed by atoms with Crippen molar-refractivity contribution in [1.82, 2.24) is 14.8 Å². The molecule has 55 heavy (non-hydrogen) atoms. The fourth-order valence-corrected chi connectivity index (χ4v) is 7.81. The Balaban J connectivity index is 1.17. The minimum Gasteiger partial charge on any atom is -0.493 e. The number of pyridine rings is 1. The lowest BCUT2D eigenvalue weighted by Crippen LogP contribution is -2.46. The van der Waals surface area contributed by atoms with E-state index in [1.54, 1.807) is 12.3 Å². The first-order valence-electron chi connectivity index (χ1n) is 19.2. The lowest BCUT2D eigenvalue weighted by molar-refractivity contribution is -0.148. The maximum absolute atomic E-state index is 12.5. The van der Waals surface area contributed by atoms with Crippen LogP contribution in [0.4, 0.5) is 0 Å². The van der Waals surface area contributed by atoms with Crippen LogP contribution in [0.5, 0.6) is 17.2 Å². The average molecular weight is 767 g/mol. The van der Waals surface area contributed by atoms with Crippen molar-refractivity contribution in [2.45, 2.75) is 77.7 Å². The zero-order valence-corrected chi connectivity index (χ0v) is 32.8. The van der Waals surface area contributed by atoms with Gasteiger partial charge in [0.2, 0.25) is 0 Å². The molecule has 0 aliphatic carbocycles. The molecule has 2 aliphatic heterocycles. The number of methoxy groups -OCH3 is 1. The second-order valence-electron chi connectivity index (χ2n) is 14.4. The molecular weight excluding hydrogens is 716 g/mol. The fourth-order valence-electron chi connectivity index (χ4n) is 7.57. The van der Waals surface area contributed by atoms with Gasteiger partial charge in [-0.05, 0) is 104 Å². The van der Waals surface area contributed by atoms with Crippen LogP contribution in [-0.4, -0.2) is 84.4 Å². The van der Waals surface area contributed by atoms with Crippen LogP contribution in [0.1, 0.15) is 65.5 Å². The summed E-state index contributed by atoms with van der Waals surface area (Å²) in [6.45, 7) is 9.38. The van der Waals surface area contributed by atoms with Gasteiger partial charge in [0.1, 0.15) is 42.6 Å². The van der Waals surface area contributed by atoms with E-state index < -0.39 is 0 Å². The van der Waals surface area contributed by atoms with Crippen molar-refractivity contribution in [3.8, 4) is 34.4 Å². The van der Waals surface area contributed by atoms with Crippen molar-refractivity contribution in [3.05, 3.63) is 105 Å². The van der Waals surface area contributed by atoms with Gasteiger partial charge >= 0.3 is 5.97 Å². The van der Waals surface area contributed by atoms with Crippen molar-refractivity contribution in [2.24, 2.45) is 0 Å². The van der Waals surface area contributed by atoms with Crippen LogP contribution in [0.15, 0.2) is 67.0 Å². The Hall–Kier alpha value is -4.66. The first kappa shape index (κ1) is 40.0. The third-order valence-electron chi connectivity index (χ3n) is 10.7. The number of nitriles is 1. The van der Waals surface area contributed by atoms with Gasteiger partial charge in [-0.15, -0.1) is 0 Å². The normalized spacial score (nSPS) is 17.5. The largest absolute Gasteiger partial charge is 0.493 e. The molecule has 11 heteroatoms. The standard InChI is InChI=1S/C44H51ClN4O6/c1-30-35(9-6-10-37(30)38-11-7-13-41(31(38)2)53-20-8-16-48-18-15-36(50)27-48)29-55-43-23-42(54-28-33-21-32(24-46)25-47-26-33)34(22-39(43)45)14-19-49-17-5-4-12-40(49)44(51)52-3/h6-7,9-11,13,21-23,25-26,36,40,50H,4-5,8,12,14-20,27-29H2,1-3H3/t36-,40?/m1/s1. The molecule has 290 valence electrons. The number of carbonyl (C=O) groups is 1. The van der Waals surface area contributed by atoms with E-state index in [0.29, 0.717) is 48.3 Å². The number of aliphatic hydroxyl groups is 1. The number of β-amino-alcohol motifs (C(OH)–C–C–N with tert-alkyl or cyclic N) is 1. The molecule has 10 nitrogen and oxygen atoms in total. The monoisotopic (exact) mass is 766 g/mol. The first-order chi connectivity index (χ1) is 26.7. The number of halogens is 1. The summed E-state index contributed by atoms with van der Waals surface area (Å²) in [7, 11) is 1.44. The molecule has 1 unspecified atom stereocenters. The number of ether oxygens (including phenoxy) is 4. The van der Waals surface area contributed by atoms with Crippen molar-refractivity contribution < 1.29 is 28.8 Å². The van der Waals surface area contributed by atoms with Gasteiger partial charge in [-0.2, -0.15) is 5.26 Å². The number of rotatable bonds is 16. The highest BCUT2D eigenvalue weighted by Gasteiger charge is 2.29. The topological polar surface area (TPSA) is 117 Å². The summed E-state index contributed by atoms with van der Waals surface area (Å²) in [5.74, 6) is 1.78. The molecule has 6 rings (SSSR count). The number of aromatic nitrogens is 1. The van der Waals surface area contributed by atoms with Gasteiger partial charge in [0.25, 0.3) is 0 Å². The number of aliphatic hydroxyl groups excluding tert-OH is 1. The zero-order valence-electron chi connectivity index (χ0n) is 32.1. The number of benzene rings is 3. The third-order valence-corrected chi connectivity index (χ3v) is 11.0. The molecule has 2 atom stereocenters. The highest BCUT2D eigenvalue weighted by atomic mass is 35.5. The Labute approximate surface area is 329 Å². The fraction of sp³-hybridized carbons (Fsp3) is 0.432. The number of hydrogen-bond donors (Lipinski definition) is 1. The maximum atomic E-state index is 12.5. The van der Waals surface area contributed by atoms with E-state index in [1.165, 1.54) is 13.3 Å². The summed E-state index contributed by atoms with van der Waals surface area (Å²) in [4.78, 5) is 21.2. The number of piperidine rings is 1. The number of likely N-dealkylation sites (tertiary alicyclic amines) is 2. The van der Waals surface area contributed by atoms with Gasteiger partial charge in [0.15, 0.2) is 0 Å². The van der Waals surface area contributed by atoms with Crippen molar-refractivity contribution in [2.75, 3.05) is 46.4 Å². The number of nitrogens with zero attached hydrogens (tertiary/aromatic N) is 4.